The predicted octanol–water partition coefficient (Wildman–Crippen LogP) is 3.32. The molecule has 0 unspecified atom stereocenters. The Hall–Kier alpha value is -2.23. The average Bonchev–Trinajstić information content (AvgIpc) is 2.91. The Morgan fingerprint density at radius 1 is 1.22 bits per heavy atom. The number of halogens is 1. The predicted molar refractivity (Wildman–Crippen MR) is 117 cm³/mol. The number of fused-ring (bicyclic) bond motifs is 1. The van der Waals surface area contributed by atoms with Crippen molar-refractivity contribution in [2.45, 2.75) is 13.3 Å². The Morgan fingerprint density at radius 3 is 2.85 bits per heavy atom. The summed E-state index contributed by atoms with van der Waals surface area (Å²) < 4.78 is 17.0. The van der Waals surface area contributed by atoms with Crippen LogP contribution in [0.2, 0.25) is 0 Å². The first-order valence-electron chi connectivity index (χ1n) is 8.83. The summed E-state index contributed by atoms with van der Waals surface area (Å²) in [7, 11) is 0. The van der Waals surface area contributed by atoms with Crippen molar-refractivity contribution in [2.24, 2.45) is 4.99 Å². The van der Waals surface area contributed by atoms with Gasteiger partial charge in [0.2, 0.25) is 0 Å². The van der Waals surface area contributed by atoms with Gasteiger partial charge in [-0.15, -0.1) is 24.0 Å². The number of ether oxygens (including phenoxy) is 3. The van der Waals surface area contributed by atoms with Gasteiger partial charge in [-0.1, -0.05) is 0 Å². The van der Waals surface area contributed by atoms with Crippen molar-refractivity contribution in [1.29, 1.82) is 0 Å². The molecule has 0 radical (unpaired) electrons. The molecule has 0 saturated heterocycles. The molecule has 3 rings (SSSR count). The summed E-state index contributed by atoms with van der Waals surface area (Å²) in [5, 5.41) is 6.51. The molecule has 1 aromatic heterocycles. The fraction of sp³-hybridized carbons (Fsp3) is 0.368. The number of benzene rings is 1. The molecule has 0 amide bonds. The van der Waals surface area contributed by atoms with E-state index in [1.165, 1.54) is 0 Å². The molecule has 0 bridgehead atoms. The zero-order valence-corrected chi connectivity index (χ0v) is 17.6. The fourth-order valence-electron chi connectivity index (χ4n) is 2.44. The van der Waals surface area contributed by atoms with Crippen LogP contribution in [0.3, 0.4) is 0 Å². The fourth-order valence-corrected chi connectivity index (χ4v) is 2.44. The second-order valence-corrected chi connectivity index (χ2v) is 5.63. The van der Waals surface area contributed by atoms with Crippen molar-refractivity contribution < 1.29 is 14.2 Å². The van der Waals surface area contributed by atoms with E-state index < -0.39 is 0 Å². The molecule has 27 heavy (non-hydrogen) atoms. The Balaban J connectivity index is 0.00000261. The summed E-state index contributed by atoms with van der Waals surface area (Å²) in [5.74, 6) is 2.96. The zero-order valence-electron chi connectivity index (χ0n) is 15.3. The minimum absolute atomic E-state index is 0. The van der Waals surface area contributed by atoms with Gasteiger partial charge in [-0.25, -0.2) is 4.99 Å². The number of guanidine groups is 1. The molecule has 0 aliphatic carbocycles. The second kappa shape index (κ2) is 11.5. The number of anilines is 1. The number of nitrogens with one attached hydrogen (secondary N) is 2. The van der Waals surface area contributed by atoms with Gasteiger partial charge in [0, 0.05) is 30.9 Å². The van der Waals surface area contributed by atoms with Gasteiger partial charge in [-0.05, 0) is 31.2 Å². The molecule has 2 heterocycles. The van der Waals surface area contributed by atoms with Gasteiger partial charge < -0.3 is 24.8 Å². The standard InChI is InChI=1S/C19H24N4O3.HI/c1-2-21-19(22-9-12-24-16-5-3-8-20-14-16)23-15-6-7-17-18(13-15)26-11-4-10-25-17;/h3,5-8,13-14H,2,4,9-12H2,1H3,(H2,21,22,23);1H. The smallest absolute Gasteiger partial charge is 0.195 e. The minimum atomic E-state index is 0. The SMILES string of the molecule is CCNC(=NCCOc1cccnc1)Nc1ccc2c(c1)OCCCO2.I. The molecule has 0 spiro atoms. The Labute approximate surface area is 176 Å². The van der Waals surface area contributed by atoms with Crippen molar-refractivity contribution in [2.75, 3.05) is 38.2 Å². The molecule has 0 atom stereocenters. The number of hydrogen-bond donors (Lipinski definition) is 2. The maximum Gasteiger partial charge on any atom is 0.195 e. The first-order valence-corrected chi connectivity index (χ1v) is 8.83. The zero-order chi connectivity index (χ0) is 18.0. The maximum absolute atomic E-state index is 5.73. The first-order chi connectivity index (χ1) is 12.8. The van der Waals surface area contributed by atoms with E-state index in [-0.39, 0.29) is 24.0 Å². The molecular formula is C19H25IN4O3. The number of aliphatic imine (C=N–C) groups is 1. The Kier molecular flexibility index (Phi) is 8.96. The van der Waals surface area contributed by atoms with Crippen molar-refractivity contribution in [3.05, 3.63) is 42.7 Å². The highest BCUT2D eigenvalue weighted by atomic mass is 127. The van der Waals surface area contributed by atoms with Crippen molar-refractivity contribution in [3.63, 3.8) is 0 Å². The quantitative estimate of drug-likeness (QED) is 0.284. The third-order valence-electron chi connectivity index (χ3n) is 3.62. The van der Waals surface area contributed by atoms with Crippen LogP contribution in [-0.2, 0) is 0 Å². The summed E-state index contributed by atoms with van der Waals surface area (Å²) in [5.41, 5.74) is 0.891. The van der Waals surface area contributed by atoms with E-state index in [9.17, 15) is 0 Å². The van der Waals surface area contributed by atoms with E-state index in [4.69, 9.17) is 14.2 Å². The topological polar surface area (TPSA) is 77.0 Å². The van der Waals surface area contributed by atoms with E-state index in [0.29, 0.717) is 32.3 Å². The van der Waals surface area contributed by atoms with Crippen LogP contribution in [0.5, 0.6) is 17.2 Å². The van der Waals surface area contributed by atoms with Gasteiger partial charge in [0.05, 0.1) is 26.0 Å². The number of hydrogen-bond acceptors (Lipinski definition) is 5. The van der Waals surface area contributed by atoms with Crippen molar-refractivity contribution >= 4 is 35.6 Å². The van der Waals surface area contributed by atoms with Crippen LogP contribution >= 0.6 is 24.0 Å². The maximum atomic E-state index is 5.73. The Morgan fingerprint density at radius 2 is 2.07 bits per heavy atom. The normalized spacial score (nSPS) is 13.1. The molecule has 7 nitrogen and oxygen atoms in total. The van der Waals surface area contributed by atoms with Crippen LogP contribution in [0.4, 0.5) is 5.69 Å². The lowest BCUT2D eigenvalue weighted by Gasteiger charge is -2.14. The molecule has 2 N–H and O–H groups in total. The van der Waals surface area contributed by atoms with Crippen LogP contribution in [0, 0.1) is 0 Å². The molecular weight excluding hydrogens is 459 g/mol. The number of aromatic nitrogens is 1. The summed E-state index contributed by atoms with van der Waals surface area (Å²) in [6.07, 6.45) is 4.29. The first kappa shape index (κ1) is 21.1. The van der Waals surface area contributed by atoms with E-state index in [2.05, 4.69) is 20.6 Å². The van der Waals surface area contributed by atoms with Crippen molar-refractivity contribution in [1.82, 2.24) is 10.3 Å². The van der Waals surface area contributed by atoms with Gasteiger partial charge in [0.15, 0.2) is 17.5 Å². The summed E-state index contributed by atoms with van der Waals surface area (Å²) in [6, 6.07) is 9.51. The lowest BCUT2D eigenvalue weighted by atomic mass is 10.3. The van der Waals surface area contributed by atoms with Gasteiger partial charge in [0.25, 0.3) is 0 Å². The molecule has 146 valence electrons. The van der Waals surface area contributed by atoms with Crippen LogP contribution in [0.1, 0.15) is 13.3 Å². The van der Waals surface area contributed by atoms with Gasteiger partial charge >= 0.3 is 0 Å². The summed E-state index contributed by atoms with van der Waals surface area (Å²) in [6.45, 7) is 5.13. The largest absolute Gasteiger partial charge is 0.490 e. The van der Waals surface area contributed by atoms with Crippen molar-refractivity contribution in [3.8, 4) is 17.2 Å². The van der Waals surface area contributed by atoms with Crippen LogP contribution in [-0.4, -0.2) is 43.9 Å². The molecule has 1 aliphatic heterocycles. The van der Waals surface area contributed by atoms with Gasteiger partial charge in [0.1, 0.15) is 12.4 Å². The number of rotatable bonds is 6. The molecule has 2 aromatic rings. The summed E-state index contributed by atoms with van der Waals surface area (Å²) in [4.78, 5) is 8.55. The lowest BCUT2D eigenvalue weighted by Crippen LogP contribution is -2.31. The molecule has 8 heteroatoms. The van der Waals surface area contributed by atoms with E-state index in [1.54, 1.807) is 12.4 Å². The molecule has 0 fully saturated rings. The van der Waals surface area contributed by atoms with E-state index in [0.717, 1.165) is 35.9 Å². The van der Waals surface area contributed by atoms with Gasteiger partial charge in [-0.2, -0.15) is 0 Å². The highest BCUT2D eigenvalue weighted by Gasteiger charge is 2.11. The van der Waals surface area contributed by atoms with E-state index >= 15 is 0 Å². The third kappa shape index (κ3) is 6.78. The number of pyridine rings is 1. The third-order valence-corrected chi connectivity index (χ3v) is 3.62. The lowest BCUT2D eigenvalue weighted by molar-refractivity contribution is 0.297. The average molecular weight is 484 g/mol. The number of nitrogens with zero attached hydrogens (tertiary/aromatic N) is 2. The van der Waals surface area contributed by atoms with Gasteiger partial charge in [-0.3, -0.25) is 4.98 Å². The molecule has 1 aliphatic rings. The monoisotopic (exact) mass is 484 g/mol. The van der Waals surface area contributed by atoms with Crippen LogP contribution < -0.4 is 24.8 Å². The highest BCUT2D eigenvalue weighted by Crippen LogP contribution is 2.32. The highest BCUT2D eigenvalue weighted by molar-refractivity contribution is 14.0. The Bertz CT molecular complexity index is 728. The molecule has 1 aromatic carbocycles. The summed E-state index contributed by atoms with van der Waals surface area (Å²) >= 11 is 0. The molecule has 0 saturated carbocycles. The van der Waals surface area contributed by atoms with Crippen LogP contribution in [0.25, 0.3) is 0 Å². The van der Waals surface area contributed by atoms with E-state index in [1.807, 2.05) is 37.3 Å². The second-order valence-electron chi connectivity index (χ2n) is 5.63. The minimum Gasteiger partial charge on any atom is -0.490 e. The van der Waals surface area contributed by atoms with Crippen LogP contribution in [0.15, 0.2) is 47.7 Å².